The maximum Gasteiger partial charge on any atom is 0.265 e. The van der Waals surface area contributed by atoms with E-state index in [1.165, 1.54) is 22.3 Å². The van der Waals surface area contributed by atoms with Crippen molar-refractivity contribution in [3.05, 3.63) is 71.7 Å². The topological polar surface area (TPSA) is 93.1 Å². The Balaban J connectivity index is 1.58. The van der Waals surface area contributed by atoms with Crippen molar-refractivity contribution in [2.45, 2.75) is 22.9 Å². The fourth-order valence-electron chi connectivity index (χ4n) is 3.19. The number of hydrogen-bond acceptors (Lipinski definition) is 7. The van der Waals surface area contributed by atoms with Crippen molar-refractivity contribution in [2.75, 3.05) is 17.1 Å². The molecule has 29 heavy (non-hydrogen) atoms. The summed E-state index contributed by atoms with van der Waals surface area (Å²) in [6, 6.07) is 11.7. The number of carbonyl (C=O) groups is 1. The van der Waals surface area contributed by atoms with Crippen molar-refractivity contribution in [3.8, 4) is 0 Å². The number of nitrogens with zero attached hydrogens (tertiary/aromatic N) is 4. The second kappa shape index (κ2) is 7.92. The number of thioether (sulfide) groups is 1. The number of rotatable bonds is 6. The standard InChI is InChI=1S/C20H18N4O3S2/c1-28-20-21-9-7-16(23-20)12-18(25)15-11-14-8-10-24(19(14)22-13-15)29(26,27)17-5-3-2-4-6-17/h2-7,9,11,13H,8,10,12H2,1H3. The predicted octanol–water partition coefficient (Wildman–Crippen LogP) is 2.77. The second-order valence-corrected chi connectivity index (χ2v) is 9.12. The molecule has 0 fully saturated rings. The number of aromatic nitrogens is 3. The Bertz CT molecular complexity index is 1170. The van der Waals surface area contributed by atoms with Crippen molar-refractivity contribution in [1.82, 2.24) is 15.0 Å². The Labute approximate surface area is 173 Å². The summed E-state index contributed by atoms with van der Waals surface area (Å²) in [5, 5.41) is 0.615. The molecule has 0 amide bonds. The minimum absolute atomic E-state index is 0.115. The molecule has 0 saturated heterocycles. The minimum atomic E-state index is -3.67. The largest absolute Gasteiger partial charge is 0.294 e. The molecule has 0 aliphatic carbocycles. The molecule has 1 aliphatic heterocycles. The van der Waals surface area contributed by atoms with Crippen LogP contribution in [0.3, 0.4) is 0 Å². The lowest BCUT2D eigenvalue weighted by Gasteiger charge is -2.18. The molecule has 148 valence electrons. The van der Waals surface area contributed by atoms with Gasteiger partial charge in [-0.1, -0.05) is 30.0 Å². The number of sulfonamides is 1. The molecule has 0 N–H and O–H groups in total. The molecule has 1 aromatic carbocycles. The van der Waals surface area contributed by atoms with Gasteiger partial charge in [-0.05, 0) is 42.5 Å². The van der Waals surface area contributed by atoms with Crippen LogP contribution in [0.4, 0.5) is 5.82 Å². The molecule has 0 radical (unpaired) electrons. The van der Waals surface area contributed by atoms with Crippen LogP contribution in [0.25, 0.3) is 0 Å². The van der Waals surface area contributed by atoms with Gasteiger partial charge in [0.05, 0.1) is 17.0 Å². The zero-order chi connectivity index (χ0) is 20.4. The molecule has 7 nitrogen and oxygen atoms in total. The number of pyridine rings is 1. The van der Waals surface area contributed by atoms with Crippen LogP contribution in [0.1, 0.15) is 21.6 Å². The van der Waals surface area contributed by atoms with Gasteiger partial charge in [-0.3, -0.25) is 4.79 Å². The molecule has 9 heteroatoms. The number of ketones is 1. The van der Waals surface area contributed by atoms with Crippen molar-refractivity contribution >= 4 is 33.4 Å². The number of Topliss-reactive ketones (excluding diaryl/α,β-unsaturated/α-hetero) is 1. The third kappa shape index (κ3) is 3.88. The van der Waals surface area contributed by atoms with Gasteiger partial charge in [-0.2, -0.15) is 0 Å². The van der Waals surface area contributed by atoms with E-state index in [2.05, 4.69) is 15.0 Å². The first kappa shape index (κ1) is 19.5. The van der Waals surface area contributed by atoms with Gasteiger partial charge in [-0.25, -0.2) is 27.7 Å². The summed E-state index contributed by atoms with van der Waals surface area (Å²) in [4.78, 5) is 25.7. The van der Waals surface area contributed by atoms with E-state index >= 15 is 0 Å². The van der Waals surface area contributed by atoms with E-state index in [1.807, 2.05) is 6.26 Å². The third-order valence-corrected chi connectivity index (χ3v) is 7.00. The summed E-state index contributed by atoms with van der Waals surface area (Å²) in [5.74, 6) is 0.271. The minimum Gasteiger partial charge on any atom is -0.294 e. The predicted molar refractivity (Wildman–Crippen MR) is 111 cm³/mol. The van der Waals surface area contributed by atoms with Crippen LogP contribution in [-0.4, -0.2) is 42.0 Å². The quantitative estimate of drug-likeness (QED) is 0.340. The SMILES string of the molecule is CSc1nccc(CC(=O)c2cnc3c(c2)CCN3S(=O)(=O)c2ccccc2)n1. The van der Waals surface area contributed by atoms with Gasteiger partial charge in [0.25, 0.3) is 10.0 Å². The summed E-state index contributed by atoms with van der Waals surface area (Å²) in [7, 11) is -3.67. The van der Waals surface area contributed by atoms with Crippen LogP contribution < -0.4 is 4.31 Å². The highest BCUT2D eigenvalue weighted by atomic mass is 32.2. The molecular weight excluding hydrogens is 408 g/mol. The highest BCUT2D eigenvalue weighted by Crippen LogP contribution is 2.31. The Morgan fingerprint density at radius 1 is 1.17 bits per heavy atom. The first-order valence-corrected chi connectivity index (χ1v) is 11.6. The molecule has 0 unspecified atom stereocenters. The van der Waals surface area contributed by atoms with Crippen LogP contribution in [-0.2, 0) is 22.9 Å². The van der Waals surface area contributed by atoms with Crippen LogP contribution in [0.2, 0.25) is 0 Å². The number of hydrogen-bond donors (Lipinski definition) is 0. The van der Waals surface area contributed by atoms with Crippen LogP contribution in [0.5, 0.6) is 0 Å². The van der Waals surface area contributed by atoms with Crippen molar-refractivity contribution in [1.29, 1.82) is 0 Å². The van der Waals surface area contributed by atoms with E-state index < -0.39 is 10.0 Å². The number of fused-ring (bicyclic) bond motifs is 1. The molecule has 4 rings (SSSR count). The van der Waals surface area contributed by atoms with Gasteiger partial charge in [0.2, 0.25) is 0 Å². The van der Waals surface area contributed by atoms with Gasteiger partial charge in [0.1, 0.15) is 5.82 Å². The molecule has 1 aliphatic rings. The summed E-state index contributed by atoms with van der Waals surface area (Å²) in [6.45, 7) is 0.306. The smallest absolute Gasteiger partial charge is 0.265 e. The zero-order valence-corrected chi connectivity index (χ0v) is 17.3. The molecule has 0 atom stereocenters. The average molecular weight is 427 g/mol. The van der Waals surface area contributed by atoms with Gasteiger partial charge in [-0.15, -0.1) is 0 Å². The van der Waals surface area contributed by atoms with Crippen molar-refractivity contribution < 1.29 is 13.2 Å². The molecule has 0 saturated carbocycles. The zero-order valence-electron chi connectivity index (χ0n) is 15.6. The van der Waals surface area contributed by atoms with E-state index in [-0.39, 0.29) is 17.1 Å². The monoisotopic (exact) mass is 426 g/mol. The first-order chi connectivity index (χ1) is 14.0. The maximum absolute atomic E-state index is 12.9. The lowest BCUT2D eigenvalue weighted by Crippen LogP contribution is -2.29. The van der Waals surface area contributed by atoms with Gasteiger partial charge in [0.15, 0.2) is 10.9 Å². The number of anilines is 1. The third-order valence-electron chi connectivity index (χ3n) is 4.63. The Morgan fingerprint density at radius 2 is 1.97 bits per heavy atom. The highest BCUT2D eigenvalue weighted by molar-refractivity contribution is 7.98. The molecule has 3 heterocycles. The highest BCUT2D eigenvalue weighted by Gasteiger charge is 2.32. The van der Waals surface area contributed by atoms with Crippen molar-refractivity contribution in [3.63, 3.8) is 0 Å². The Hall–Kier alpha value is -2.78. The Morgan fingerprint density at radius 3 is 2.72 bits per heavy atom. The van der Waals surface area contributed by atoms with Gasteiger partial charge < -0.3 is 0 Å². The van der Waals surface area contributed by atoms with E-state index in [0.717, 1.165) is 5.56 Å². The number of carbonyl (C=O) groups excluding carboxylic acids is 1. The van der Waals surface area contributed by atoms with Crippen LogP contribution in [0, 0.1) is 0 Å². The fourth-order valence-corrected chi connectivity index (χ4v) is 5.04. The average Bonchev–Trinajstić information content (AvgIpc) is 3.18. The summed E-state index contributed by atoms with van der Waals surface area (Å²) in [5.41, 5.74) is 1.85. The molecule has 0 bridgehead atoms. The van der Waals surface area contributed by atoms with Gasteiger partial charge >= 0.3 is 0 Å². The van der Waals surface area contributed by atoms with E-state index in [0.29, 0.717) is 35.2 Å². The van der Waals surface area contributed by atoms with E-state index in [9.17, 15) is 13.2 Å². The Kier molecular flexibility index (Phi) is 5.33. The second-order valence-electron chi connectivity index (χ2n) is 6.48. The van der Waals surface area contributed by atoms with Crippen LogP contribution >= 0.6 is 11.8 Å². The maximum atomic E-state index is 12.9. The lowest BCUT2D eigenvalue weighted by atomic mass is 10.1. The first-order valence-electron chi connectivity index (χ1n) is 8.95. The summed E-state index contributed by atoms with van der Waals surface area (Å²) < 4.78 is 27.1. The summed E-state index contributed by atoms with van der Waals surface area (Å²) in [6.07, 6.45) is 5.61. The van der Waals surface area contributed by atoms with Crippen LogP contribution in [0.15, 0.2) is 64.9 Å². The van der Waals surface area contributed by atoms with E-state index in [1.54, 1.807) is 48.7 Å². The molecule has 2 aromatic heterocycles. The van der Waals surface area contributed by atoms with E-state index in [4.69, 9.17) is 0 Å². The lowest BCUT2D eigenvalue weighted by molar-refractivity contribution is 0.0991. The fraction of sp³-hybridized carbons (Fsp3) is 0.200. The van der Waals surface area contributed by atoms with Gasteiger partial charge in [0, 0.05) is 24.5 Å². The molecular formula is C20H18N4O3S2. The molecule has 3 aromatic rings. The van der Waals surface area contributed by atoms with Crippen molar-refractivity contribution in [2.24, 2.45) is 0 Å². The number of benzene rings is 1. The molecule has 0 spiro atoms. The summed E-state index contributed by atoms with van der Waals surface area (Å²) >= 11 is 1.41. The normalized spacial score (nSPS) is 13.3.